The number of aromatic nitrogens is 1. The van der Waals surface area contributed by atoms with Gasteiger partial charge in [-0.25, -0.2) is 0 Å². The Balaban J connectivity index is 1.30. The van der Waals surface area contributed by atoms with Crippen molar-refractivity contribution in [2.24, 2.45) is 5.92 Å². The lowest BCUT2D eigenvalue weighted by Crippen LogP contribution is -2.59. The van der Waals surface area contributed by atoms with Gasteiger partial charge in [-0.3, -0.25) is 0 Å². The van der Waals surface area contributed by atoms with E-state index in [1.165, 1.54) is 22.0 Å². The van der Waals surface area contributed by atoms with Crippen LogP contribution < -0.4 is 0 Å². The van der Waals surface area contributed by atoms with Crippen LogP contribution in [0.5, 0.6) is 0 Å². The molecular weight excluding hydrogens is 388 g/mol. The van der Waals surface area contributed by atoms with Crippen molar-refractivity contribution in [3.63, 3.8) is 0 Å². The van der Waals surface area contributed by atoms with Crippen LogP contribution in [0.1, 0.15) is 23.5 Å². The maximum absolute atomic E-state index is 10.2. The molecule has 8 atom stereocenters. The number of likely N-dealkylation sites (N-methyl/N-ethyl adjacent to an activating group) is 1. The highest BCUT2D eigenvalue weighted by Crippen LogP contribution is 2.44. The maximum atomic E-state index is 10.2. The fourth-order valence-corrected chi connectivity index (χ4v) is 5.61. The molecule has 0 saturated carbocycles. The summed E-state index contributed by atoms with van der Waals surface area (Å²) in [7, 11) is 2.15. The average molecular weight is 418 g/mol. The van der Waals surface area contributed by atoms with Crippen LogP contribution in [0.2, 0.25) is 0 Å². The molecule has 3 heterocycles. The van der Waals surface area contributed by atoms with E-state index in [2.05, 4.69) is 41.3 Å². The predicted molar refractivity (Wildman–Crippen MR) is 109 cm³/mol. The van der Waals surface area contributed by atoms with E-state index >= 15 is 0 Å². The van der Waals surface area contributed by atoms with Gasteiger partial charge in [0, 0.05) is 35.6 Å². The van der Waals surface area contributed by atoms with Crippen LogP contribution in [0.15, 0.2) is 24.4 Å². The minimum atomic E-state index is -1.41. The van der Waals surface area contributed by atoms with Crippen LogP contribution in [0.4, 0.5) is 0 Å². The van der Waals surface area contributed by atoms with Gasteiger partial charge in [-0.2, -0.15) is 0 Å². The maximum Gasteiger partial charge on any atom is 0.186 e. The molecule has 5 rings (SSSR count). The Bertz CT molecular complexity index is 901. The first-order chi connectivity index (χ1) is 14.5. The number of hydrogen-bond acceptors (Lipinski definition) is 7. The summed E-state index contributed by atoms with van der Waals surface area (Å²) in [4.78, 5) is 5.79. The summed E-state index contributed by atoms with van der Waals surface area (Å²) in [6.45, 7) is 0.782. The van der Waals surface area contributed by atoms with Crippen molar-refractivity contribution < 1.29 is 29.9 Å². The summed E-state index contributed by atoms with van der Waals surface area (Å²) in [5.74, 6) is 0.638. The van der Waals surface area contributed by atoms with E-state index in [0.29, 0.717) is 18.6 Å². The van der Waals surface area contributed by atoms with Gasteiger partial charge in [0.2, 0.25) is 0 Å². The van der Waals surface area contributed by atoms with Crippen LogP contribution in [0.3, 0.4) is 0 Å². The normalized spacial score (nSPS) is 39.2. The van der Waals surface area contributed by atoms with Crippen LogP contribution >= 0.6 is 0 Å². The number of nitrogens with one attached hydrogen (secondary N) is 1. The van der Waals surface area contributed by atoms with Crippen LogP contribution in [0.25, 0.3) is 10.9 Å². The molecule has 0 unspecified atom stereocenters. The lowest BCUT2D eigenvalue weighted by atomic mass is 9.72. The third-order valence-electron chi connectivity index (χ3n) is 7.16. The van der Waals surface area contributed by atoms with Gasteiger partial charge >= 0.3 is 0 Å². The van der Waals surface area contributed by atoms with Crippen molar-refractivity contribution >= 4 is 10.9 Å². The van der Waals surface area contributed by atoms with E-state index in [1.54, 1.807) is 0 Å². The zero-order chi connectivity index (χ0) is 21.0. The lowest BCUT2D eigenvalue weighted by molar-refractivity contribution is -0.303. The quantitative estimate of drug-likeness (QED) is 0.472. The molecule has 8 nitrogen and oxygen atoms in total. The monoisotopic (exact) mass is 418 g/mol. The van der Waals surface area contributed by atoms with E-state index < -0.39 is 37.3 Å². The molecular formula is C22H30N2O6. The molecule has 0 spiro atoms. The summed E-state index contributed by atoms with van der Waals surface area (Å²) in [6.07, 6.45) is -2.04. The highest BCUT2D eigenvalue weighted by molar-refractivity contribution is 5.88. The van der Waals surface area contributed by atoms with Crippen molar-refractivity contribution in [1.82, 2.24) is 9.88 Å². The molecule has 0 bridgehead atoms. The average Bonchev–Trinajstić information content (AvgIpc) is 3.17. The first-order valence-corrected chi connectivity index (χ1v) is 10.7. The molecule has 8 heteroatoms. The fraction of sp³-hybridized carbons (Fsp3) is 0.636. The molecule has 164 valence electrons. The molecule has 1 aromatic heterocycles. The van der Waals surface area contributed by atoms with Gasteiger partial charge in [0.05, 0.1) is 13.2 Å². The minimum absolute atomic E-state index is 0.236. The number of nitrogens with zero attached hydrogens (tertiary/aromatic N) is 1. The van der Waals surface area contributed by atoms with Gasteiger partial charge in [0.15, 0.2) is 6.29 Å². The summed E-state index contributed by atoms with van der Waals surface area (Å²) in [6, 6.07) is 6.90. The van der Waals surface area contributed by atoms with Gasteiger partial charge in [0.1, 0.15) is 24.4 Å². The topological polar surface area (TPSA) is 118 Å². The molecule has 1 aliphatic carbocycles. The molecule has 0 amide bonds. The number of rotatable bonds is 4. The van der Waals surface area contributed by atoms with E-state index in [1.807, 2.05) is 0 Å². The van der Waals surface area contributed by atoms with E-state index in [0.717, 1.165) is 19.4 Å². The predicted octanol–water partition coefficient (Wildman–Crippen LogP) is -0.0556. The second-order valence-corrected chi connectivity index (χ2v) is 9.03. The zero-order valence-corrected chi connectivity index (χ0v) is 17.0. The highest BCUT2D eigenvalue weighted by atomic mass is 16.7. The molecule has 2 aromatic rings. The van der Waals surface area contributed by atoms with Gasteiger partial charge in [-0.15, -0.1) is 0 Å². The van der Waals surface area contributed by atoms with Gasteiger partial charge in [0.25, 0.3) is 0 Å². The van der Waals surface area contributed by atoms with Crippen LogP contribution in [-0.4, -0.2) is 93.9 Å². The van der Waals surface area contributed by atoms with Gasteiger partial charge < -0.3 is 39.8 Å². The molecule has 2 fully saturated rings. The molecule has 1 aromatic carbocycles. The SMILES string of the molecule is CN1C[C@H](CO[C@@H]2O[C@H](CO)[C@H](O)[C@H](O)[C@H]2O)C[C@@H]2c3cccc4[nH]cc(c34)C[C@H]21. The van der Waals surface area contributed by atoms with Gasteiger partial charge in [-0.1, -0.05) is 12.1 Å². The number of aromatic amines is 1. The van der Waals surface area contributed by atoms with Crippen molar-refractivity contribution in [2.75, 3.05) is 26.8 Å². The largest absolute Gasteiger partial charge is 0.394 e. The van der Waals surface area contributed by atoms with E-state index in [9.17, 15) is 20.4 Å². The number of aliphatic hydroxyl groups is 4. The smallest absolute Gasteiger partial charge is 0.186 e. The number of hydrogen-bond donors (Lipinski definition) is 5. The Morgan fingerprint density at radius 2 is 2.03 bits per heavy atom. The summed E-state index contributed by atoms with van der Waals surface area (Å²) in [5, 5.41) is 40.8. The fourth-order valence-electron chi connectivity index (χ4n) is 5.61. The number of benzene rings is 1. The number of H-pyrrole nitrogens is 1. The van der Waals surface area contributed by atoms with Crippen molar-refractivity contribution in [1.29, 1.82) is 0 Å². The first kappa shape index (κ1) is 20.4. The highest BCUT2D eigenvalue weighted by Gasteiger charge is 2.45. The number of piperidine rings is 1. The van der Waals surface area contributed by atoms with Gasteiger partial charge in [-0.05, 0) is 43.0 Å². The molecule has 30 heavy (non-hydrogen) atoms. The Kier molecular flexibility index (Phi) is 5.35. The summed E-state index contributed by atoms with van der Waals surface area (Å²) < 4.78 is 11.3. The van der Waals surface area contributed by atoms with Crippen molar-refractivity contribution in [2.45, 2.75) is 55.5 Å². The Morgan fingerprint density at radius 1 is 1.20 bits per heavy atom. The Hall–Kier alpha value is -1.52. The van der Waals surface area contributed by atoms with Crippen molar-refractivity contribution in [3.8, 4) is 0 Å². The summed E-state index contributed by atoms with van der Waals surface area (Å²) >= 11 is 0. The second-order valence-electron chi connectivity index (χ2n) is 9.03. The Morgan fingerprint density at radius 3 is 2.83 bits per heavy atom. The first-order valence-electron chi connectivity index (χ1n) is 10.7. The number of ether oxygens (including phenoxy) is 2. The molecule has 3 aliphatic rings. The third kappa shape index (κ3) is 3.27. The third-order valence-corrected chi connectivity index (χ3v) is 7.16. The molecule has 2 aliphatic heterocycles. The molecule has 5 N–H and O–H groups in total. The van der Waals surface area contributed by atoms with Crippen molar-refractivity contribution in [3.05, 3.63) is 35.5 Å². The number of likely N-dealkylation sites (tertiary alicyclic amines) is 1. The summed E-state index contributed by atoms with van der Waals surface area (Å²) in [5.41, 5.74) is 3.94. The van der Waals surface area contributed by atoms with E-state index in [-0.39, 0.29) is 5.92 Å². The molecule has 2 saturated heterocycles. The van der Waals surface area contributed by atoms with Crippen LogP contribution in [-0.2, 0) is 15.9 Å². The standard InChI is InChI=1S/C22H30N2O6/c1-24-8-11(10-29-22-21(28)20(27)19(26)17(9-25)30-22)5-14-13-3-2-4-15-18(13)12(7-23-15)6-16(14)24/h2-4,7,11,14,16-17,19-23,25-28H,5-6,8-10H2,1H3/t11-,14-,16-,17-,19+,20+,21-,22-/m1/s1. The lowest BCUT2D eigenvalue weighted by Gasteiger charge is -2.46. The Labute approximate surface area is 175 Å². The second kappa shape index (κ2) is 7.87. The number of aliphatic hydroxyl groups excluding tert-OH is 4. The zero-order valence-electron chi connectivity index (χ0n) is 17.0. The number of fused-ring (bicyclic) bond motifs is 2. The van der Waals surface area contributed by atoms with E-state index in [4.69, 9.17) is 9.47 Å². The molecule has 0 radical (unpaired) electrons. The minimum Gasteiger partial charge on any atom is -0.394 e. The van der Waals surface area contributed by atoms with Crippen LogP contribution in [0, 0.1) is 5.92 Å².